The van der Waals surface area contributed by atoms with Crippen LogP contribution in [0.5, 0.6) is 5.75 Å². The Hall–Kier alpha value is -3.64. The molecule has 174 valence electrons. The summed E-state index contributed by atoms with van der Waals surface area (Å²) in [6.07, 6.45) is 1.42. The van der Waals surface area contributed by atoms with Gasteiger partial charge in [0.2, 0.25) is 0 Å². The van der Waals surface area contributed by atoms with Crippen molar-refractivity contribution in [2.45, 2.75) is 26.7 Å². The molecule has 0 saturated carbocycles. The lowest BCUT2D eigenvalue weighted by Crippen LogP contribution is -2.25. The van der Waals surface area contributed by atoms with Crippen molar-refractivity contribution in [1.29, 1.82) is 0 Å². The van der Waals surface area contributed by atoms with Crippen molar-refractivity contribution in [2.24, 2.45) is 0 Å². The molecule has 0 fully saturated rings. The molecule has 0 unspecified atom stereocenters. The summed E-state index contributed by atoms with van der Waals surface area (Å²) in [4.78, 5) is 17.5. The van der Waals surface area contributed by atoms with E-state index in [2.05, 4.69) is 10.4 Å². The highest BCUT2D eigenvalue weighted by molar-refractivity contribution is 6.30. The van der Waals surface area contributed by atoms with Gasteiger partial charge in [0.1, 0.15) is 5.75 Å². The molecule has 7 heteroatoms. The van der Waals surface area contributed by atoms with Crippen molar-refractivity contribution < 1.29 is 9.53 Å². The molecular weight excluding hydrogens is 448 g/mol. The summed E-state index contributed by atoms with van der Waals surface area (Å²) in [5, 5.41) is 8.32. The SMILES string of the molecule is CCc1nc(-c2ccc(Cl)cc2C)n(-c2cccc(C(=O)NCCCOc3ccccc3)c2)n1. The van der Waals surface area contributed by atoms with Crippen LogP contribution in [0.2, 0.25) is 5.02 Å². The average Bonchev–Trinajstić information content (AvgIpc) is 3.29. The van der Waals surface area contributed by atoms with Crippen LogP contribution >= 0.6 is 11.6 Å². The van der Waals surface area contributed by atoms with Crippen molar-refractivity contribution in [3.63, 3.8) is 0 Å². The number of ether oxygens (including phenoxy) is 1. The number of para-hydroxylation sites is 1. The fourth-order valence-electron chi connectivity index (χ4n) is 3.60. The molecule has 0 aliphatic heterocycles. The second-order valence-electron chi connectivity index (χ2n) is 7.90. The lowest BCUT2D eigenvalue weighted by Gasteiger charge is -2.11. The maximum atomic E-state index is 12.8. The Kier molecular flexibility index (Phi) is 7.60. The van der Waals surface area contributed by atoms with Crippen LogP contribution in [0.4, 0.5) is 0 Å². The standard InChI is InChI=1S/C27H27ClN4O2/c1-3-25-30-26(24-14-13-21(28)17-19(24)2)32(31-25)22-10-7-9-20(18-22)27(33)29-15-8-16-34-23-11-5-4-6-12-23/h4-7,9-14,17-18H,3,8,15-16H2,1-2H3,(H,29,33). The second kappa shape index (κ2) is 11.0. The van der Waals surface area contributed by atoms with Crippen LogP contribution in [0, 0.1) is 6.92 Å². The van der Waals surface area contributed by atoms with Crippen LogP contribution in [-0.2, 0) is 6.42 Å². The van der Waals surface area contributed by atoms with E-state index in [1.54, 1.807) is 10.7 Å². The minimum atomic E-state index is -0.137. The molecule has 0 atom stereocenters. The lowest BCUT2D eigenvalue weighted by atomic mass is 10.1. The van der Waals surface area contributed by atoms with Gasteiger partial charge in [-0.05, 0) is 67.4 Å². The predicted octanol–water partition coefficient (Wildman–Crippen LogP) is 5.66. The summed E-state index contributed by atoms with van der Waals surface area (Å²) in [7, 11) is 0. The second-order valence-corrected chi connectivity index (χ2v) is 8.33. The number of amides is 1. The molecule has 6 nitrogen and oxygen atoms in total. The maximum Gasteiger partial charge on any atom is 0.251 e. The number of carbonyl (C=O) groups is 1. The van der Waals surface area contributed by atoms with E-state index in [0.29, 0.717) is 36.6 Å². The summed E-state index contributed by atoms with van der Waals surface area (Å²) in [6.45, 7) is 5.07. The van der Waals surface area contributed by atoms with E-state index in [-0.39, 0.29) is 5.91 Å². The van der Waals surface area contributed by atoms with E-state index in [1.165, 1.54) is 0 Å². The number of benzene rings is 3. The fourth-order valence-corrected chi connectivity index (χ4v) is 3.83. The van der Waals surface area contributed by atoms with Crippen molar-refractivity contribution in [3.05, 3.63) is 94.8 Å². The van der Waals surface area contributed by atoms with E-state index in [1.807, 2.05) is 80.6 Å². The van der Waals surface area contributed by atoms with Crippen molar-refractivity contribution in [2.75, 3.05) is 13.2 Å². The zero-order chi connectivity index (χ0) is 23.9. The first-order chi connectivity index (χ1) is 16.5. The number of hydrogen-bond donors (Lipinski definition) is 1. The molecule has 3 aromatic carbocycles. The van der Waals surface area contributed by atoms with Gasteiger partial charge < -0.3 is 10.1 Å². The molecule has 1 aromatic heterocycles. The van der Waals surface area contributed by atoms with Gasteiger partial charge in [-0.1, -0.05) is 42.8 Å². The first-order valence-electron chi connectivity index (χ1n) is 11.3. The molecule has 0 aliphatic rings. The Morgan fingerprint density at radius 1 is 1.06 bits per heavy atom. The van der Waals surface area contributed by atoms with E-state index in [4.69, 9.17) is 21.3 Å². The Bertz CT molecular complexity index is 1270. The molecule has 34 heavy (non-hydrogen) atoms. The first kappa shape index (κ1) is 23.5. The normalized spacial score (nSPS) is 10.8. The number of rotatable bonds is 9. The minimum Gasteiger partial charge on any atom is -0.494 e. The van der Waals surface area contributed by atoms with Gasteiger partial charge in [0, 0.05) is 29.1 Å². The van der Waals surface area contributed by atoms with Crippen LogP contribution in [-0.4, -0.2) is 33.8 Å². The van der Waals surface area contributed by atoms with E-state index < -0.39 is 0 Å². The van der Waals surface area contributed by atoms with Gasteiger partial charge in [-0.3, -0.25) is 4.79 Å². The Balaban J connectivity index is 1.47. The van der Waals surface area contributed by atoms with Gasteiger partial charge in [0.05, 0.1) is 12.3 Å². The van der Waals surface area contributed by atoms with Gasteiger partial charge in [0.15, 0.2) is 11.6 Å². The molecule has 0 spiro atoms. The van der Waals surface area contributed by atoms with E-state index in [0.717, 1.165) is 34.2 Å². The zero-order valence-electron chi connectivity index (χ0n) is 19.3. The van der Waals surface area contributed by atoms with Gasteiger partial charge >= 0.3 is 0 Å². The summed E-state index contributed by atoms with van der Waals surface area (Å²) < 4.78 is 7.47. The molecule has 0 radical (unpaired) electrons. The maximum absolute atomic E-state index is 12.8. The third-order valence-corrected chi connectivity index (χ3v) is 5.60. The number of halogens is 1. The topological polar surface area (TPSA) is 69.0 Å². The van der Waals surface area contributed by atoms with E-state index >= 15 is 0 Å². The first-order valence-corrected chi connectivity index (χ1v) is 11.7. The highest BCUT2D eigenvalue weighted by atomic mass is 35.5. The summed E-state index contributed by atoms with van der Waals surface area (Å²) >= 11 is 6.15. The van der Waals surface area contributed by atoms with E-state index in [9.17, 15) is 4.79 Å². The molecule has 0 bridgehead atoms. The van der Waals surface area contributed by atoms with Crippen LogP contribution in [0.25, 0.3) is 17.1 Å². The number of hydrogen-bond acceptors (Lipinski definition) is 4. The Morgan fingerprint density at radius 2 is 1.88 bits per heavy atom. The van der Waals surface area contributed by atoms with Gasteiger partial charge in [-0.25, -0.2) is 9.67 Å². The molecule has 1 N–H and O–H groups in total. The lowest BCUT2D eigenvalue weighted by molar-refractivity contribution is 0.0951. The molecule has 0 aliphatic carbocycles. The van der Waals surface area contributed by atoms with Crippen molar-refractivity contribution in [3.8, 4) is 22.8 Å². The van der Waals surface area contributed by atoms with Crippen LogP contribution in [0.3, 0.4) is 0 Å². The van der Waals surface area contributed by atoms with Crippen LogP contribution in [0.1, 0.15) is 35.1 Å². The summed E-state index contributed by atoms with van der Waals surface area (Å²) in [5.41, 5.74) is 3.30. The van der Waals surface area contributed by atoms with Crippen LogP contribution < -0.4 is 10.1 Å². The summed E-state index contributed by atoms with van der Waals surface area (Å²) in [6, 6.07) is 22.8. The number of carbonyl (C=O) groups excluding carboxylic acids is 1. The Morgan fingerprint density at radius 3 is 2.65 bits per heavy atom. The molecule has 1 amide bonds. The molecule has 4 rings (SSSR count). The molecule has 1 heterocycles. The third kappa shape index (κ3) is 5.64. The number of aromatic nitrogens is 3. The predicted molar refractivity (Wildman–Crippen MR) is 135 cm³/mol. The average molecular weight is 475 g/mol. The largest absolute Gasteiger partial charge is 0.494 e. The summed E-state index contributed by atoms with van der Waals surface area (Å²) in [5.74, 6) is 2.15. The van der Waals surface area contributed by atoms with Gasteiger partial charge in [-0.2, -0.15) is 5.10 Å². The fraction of sp³-hybridized carbons (Fsp3) is 0.222. The molecule has 4 aromatic rings. The Labute approximate surface area is 204 Å². The van der Waals surface area contributed by atoms with Crippen molar-refractivity contribution >= 4 is 17.5 Å². The number of nitrogens with zero attached hydrogens (tertiary/aromatic N) is 3. The highest BCUT2D eigenvalue weighted by Gasteiger charge is 2.16. The third-order valence-electron chi connectivity index (χ3n) is 5.37. The zero-order valence-corrected chi connectivity index (χ0v) is 20.0. The van der Waals surface area contributed by atoms with Crippen LogP contribution in [0.15, 0.2) is 72.8 Å². The monoisotopic (exact) mass is 474 g/mol. The molecular formula is C27H27ClN4O2. The highest BCUT2D eigenvalue weighted by Crippen LogP contribution is 2.27. The minimum absolute atomic E-state index is 0.137. The quantitative estimate of drug-likeness (QED) is 0.318. The van der Waals surface area contributed by atoms with Gasteiger partial charge in [0.25, 0.3) is 5.91 Å². The number of aryl methyl sites for hydroxylation is 2. The number of nitrogens with one attached hydrogen (secondary N) is 1. The molecule has 0 saturated heterocycles. The van der Waals surface area contributed by atoms with Crippen molar-refractivity contribution in [1.82, 2.24) is 20.1 Å². The van der Waals surface area contributed by atoms with Gasteiger partial charge in [-0.15, -0.1) is 0 Å². The smallest absolute Gasteiger partial charge is 0.251 e.